The molecule has 0 unspecified atom stereocenters. The van der Waals surface area contributed by atoms with Crippen molar-refractivity contribution in [3.05, 3.63) is 45.6 Å². The van der Waals surface area contributed by atoms with Crippen LogP contribution in [0.15, 0.2) is 30.7 Å². The van der Waals surface area contributed by atoms with Crippen molar-refractivity contribution in [1.29, 1.82) is 0 Å². The van der Waals surface area contributed by atoms with Crippen LogP contribution in [0.4, 0.5) is 0 Å². The molecule has 0 spiro atoms. The maximum Gasteiger partial charge on any atom is 0.245 e. The molecule has 6 rings (SSSR count). The van der Waals surface area contributed by atoms with Gasteiger partial charge in [-0.25, -0.2) is 15.0 Å². The lowest BCUT2D eigenvalue weighted by atomic mass is 10.2. The third-order valence-electron chi connectivity index (χ3n) is 7.07. The van der Waals surface area contributed by atoms with E-state index in [2.05, 4.69) is 26.8 Å². The second-order valence-corrected chi connectivity index (χ2v) is 12.1. The summed E-state index contributed by atoms with van der Waals surface area (Å²) in [4.78, 5) is 21.9. The highest BCUT2D eigenvalue weighted by atomic mass is 35.5. The zero-order chi connectivity index (χ0) is 26.3. The first-order valence-corrected chi connectivity index (χ1v) is 14.2. The summed E-state index contributed by atoms with van der Waals surface area (Å²) in [6.45, 7) is 7.83. The number of nitrogens with zero attached hydrogens (tertiary/aromatic N) is 6. The highest BCUT2D eigenvalue weighted by Crippen LogP contribution is 2.41. The van der Waals surface area contributed by atoms with E-state index in [0.29, 0.717) is 46.8 Å². The van der Waals surface area contributed by atoms with Crippen molar-refractivity contribution in [2.45, 2.75) is 57.8 Å². The molecule has 0 radical (unpaired) electrons. The van der Waals surface area contributed by atoms with Gasteiger partial charge in [0.25, 0.3) is 0 Å². The summed E-state index contributed by atoms with van der Waals surface area (Å²) in [6.07, 6.45) is 6.94. The molecule has 3 aromatic heterocycles. The standard InChI is InChI=1S/C27H31ClN6O3S/c1-17-13-29-22(38-17)15-34-24(32-23-25(34)30-16-31-26(23)37-27(2)7-8-27)20-5-4-19(12-21(20)28)36-11-3-9-33-10-6-18(35)14-33/h4-5,12-13,16,18,35H,3,6-11,14-15H2,1-2H3/t18-/m1/s1. The van der Waals surface area contributed by atoms with Crippen molar-refractivity contribution in [3.8, 4) is 23.0 Å². The zero-order valence-corrected chi connectivity index (χ0v) is 23.1. The van der Waals surface area contributed by atoms with Gasteiger partial charge < -0.3 is 24.0 Å². The Morgan fingerprint density at radius 1 is 1.24 bits per heavy atom. The highest BCUT2D eigenvalue weighted by molar-refractivity contribution is 7.11. The molecule has 1 saturated carbocycles. The third kappa shape index (κ3) is 5.49. The van der Waals surface area contributed by atoms with Gasteiger partial charge in [-0.3, -0.25) is 0 Å². The van der Waals surface area contributed by atoms with Gasteiger partial charge in [0.05, 0.1) is 24.3 Å². The largest absolute Gasteiger partial charge is 0.493 e. The van der Waals surface area contributed by atoms with Gasteiger partial charge >= 0.3 is 0 Å². The van der Waals surface area contributed by atoms with Crippen LogP contribution in [0.1, 0.15) is 42.5 Å². The lowest BCUT2D eigenvalue weighted by molar-refractivity contribution is 0.173. The summed E-state index contributed by atoms with van der Waals surface area (Å²) in [6, 6.07) is 5.70. The minimum absolute atomic E-state index is 0.192. The predicted molar refractivity (Wildman–Crippen MR) is 147 cm³/mol. The van der Waals surface area contributed by atoms with Crippen LogP contribution in [0.25, 0.3) is 22.6 Å². The number of thiazole rings is 1. The normalized spacial score (nSPS) is 18.8. The molecule has 1 aliphatic carbocycles. The number of halogens is 1. The van der Waals surface area contributed by atoms with Gasteiger partial charge in [0.2, 0.25) is 5.88 Å². The Labute approximate surface area is 230 Å². The lowest BCUT2D eigenvalue weighted by Gasteiger charge is -2.15. The van der Waals surface area contributed by atoms with Crippen molar-refractivity contribution < 1.29 is 14.6 Å². The van der Waals surface area contributed by atoms with E-state index in [-0.39, 0.29) is 11.7 Å². The van der Waals surface area contributed by atoms with Crippen LogP contribution in [-0.2, 0) is 6.54 Å². The predicted octanol–water partition coefficient (Wildman–Crippen LogP) is 4.73. The molecule has 1 aromatic carbocycles. The topological polar surface area (TPSA) is 98.4 Å². The third-order valence-corrected chi connectivity index (χ3v) is 8.28. The number of fused-ring (bicyclic) bond motifs is 1. The molecule has 9 nitrogen and oxygen atoms in total. The zero-order valence-electron chi connectivity index (χ0n) is 21.6. The van der Waals surface area contributed by atoms with E-state index in [9.17, 15) is 5.11 Å². The number of β-amino-alcohol motifs (C(OH)–C–C–N with tert-alkyl or cyclic N) is 1. The van der Waals surface area contributed by atoms with Crippen molar-refractivity contribution in [2.24, 2.45) is 0 Å². The number of hydrogen-bond donors (Lipinski definition) is 1. The van der Waals surface area contributed by atoms with Crippen LogP contribution in [0, 0.1) is 6.92 Å². The van der Waals surface area contributed by atoms with E-state index in [1.807, 2.05) is 35.9 Å². The van der Waals surface area contributed by atoms with Crippen LogP contribution in [0.2, 0.25) is 5.02 Å². The molecule has 1 atom stereocenters. The number of aliphatic hydroxyl groups is 1. The molecule has 200 valence electrons. The Morgan fingerprint density at radius 2 is 2.11 bits per heavy atom. The molecular formula is C27H31ClN6O3S. The van der Waals surface area contributed by atoms with E-state index in [1.165, 1.54) is 6.33 Å². The van der Waals surface area contributed by atoms with Crippen LogP contribution in [0.3, 0.4) is 0 Å². The van der Waals surface area contributed by atoms with Gasteiger partial charge in [0.15, 0.2) is 11.2 Å². The molecule has 4 aromatic rings. The van der Waals surface area contributed by atoms with E-state index >= 15 is 0 Å². The quantitative estimate of drug-likeness (QED) is 0.281. The first-order valence-electron chi connectivity index (χ1n) is 13.0. The smallest absolute Gasteiger partial charge is 0.245 e. The number of likely N-dealkylation sites (tertiary alicyclic amines) is 1. The molecule has 1 N–H and O–H groups in total. The SMILES string of the molecule is Cc1cnc(Cn2c(-c3ccc(OCCCN4CC[C@@H](O)C4)cc3Cl)nc3c(OC4(C)CC4)ncnc32)s1. The fourth-order valence-electron chi connectivity index (χ4n) is 4.73. The number of rotatable bonds is 10. The average Bonchev–Trinajstić information content (AvgIpc) is 3.20. The summed E-state index contributed by atoms with van der Waals surface area (Å²) in [5.74, 6) is 1.89. The summed E-state index contributed by atoms with van der Waals surface area (Å²) in [5.41, 5.74) is 1.89. The monoisotopic (exact) mass is 554 g/mol. The number of aromatic nitrogens is 5. The molecule has 1 aliphatic heterocycles. The number of benzene rings is 1. The van der Waals surface area contributed by atoms with Gasteiger partial charge in [-0.2, -0.15) is 4.98 Å². The number of hydrogen-bond acceptors (Lipinski definition) is 9. The Bertz CT molecular complexity index is 1450. The number of aliphatic hydroxyl groups excluding tert-OH is 1. The molecule has 2 fully saturated rings. The maximum absolute atomic E-state index is 9.69. The number of ether oxygens (including phenoxy) is 2. The van der Waals surface area contributed by atoms with Crippen LogP contribution in [0.5, 0.6) is 11.6 Å². The fraction of sp³-hybridized carbons (Fsp3) is 0.481. The van der Waals surface area contributed by atoms with Gasteiger partial charge in [0.1, 0.15) is 28.5 Å². The van der Waals surface area contributed by atoms with Crippen LogP contribution >= 0.6 is 22.9 Å². The molecule has 38 heavy (non-hydrogen) atoms. The van der Waals surface area contributed by atoms with Crippen molar-refractivity contribution >= 4 is 34.1 Å². The molecule has 11 heteroatoms. The Hall–Kier alpha value is -2.79. The lowest BCUT2D eigenvalue weighted by Crippen LogP contribution is -2.24. The van der Waals surface area contributed by atoms with Gasteiger partial charge in [0, 0.05) is 36.3 Å². The van der Waals surface area contributed by atoms with Crippen molar-refractivity contribution in [1.82, 2.24) is 29.4 Å². The molecule has 0 bridgehead atoms. The average molecular weight is 555 g/mol. The fourth-order valence-corrected chi connectivity index (χ4v) is 5.76. The maximum atomic E-state index is 9.69. The summed E-state index contributed by atoms with van der Waals surface area (Å²) in [7, 11) is 0. The summed E-state index contributed by atoms with van der Waals surface area (Å²) < 4.78 is 14.2. The molecular weight excluding hydrogens is 524 g/mol. The van der Waals surface area contributed by atoms with E-state index in [0.717, 1.165) is 60.8 Å². The summed E-state index contributed by atoms with van der Waals surface area (Å²) >= 11 is 8.45. The highest BCUT2D eigenvalue weighted by Gasteiger charge is 2.41. The minimum Gasteiger partial charge on any atom is -0.493 e. The Morgan fingerprint density at radius 3 is 2.82 bits per heavy atom. The van der Waals surface area contributed by atoms with Crippen LogP contribution in [-0.4, -0.2) is 72.5 Å². The first kappa shape index (κ1) is 25.5. The van der Waals surface area contributed by atoms with E-state index < -0.39 is 0 Å². The molecule has 4 heterocycles. The number of aryl methyl sites for hydroxylation is 1. The minimum atomic E-state index is -0.198. The molecule has 1 saturated heterocycles. The number of imidazole rings is 1. The van der Waals surface area contributed by atoms with E-state index in [1.54, 1.807) is 11.3 Å². The summed E-state index contributed by atoms with van der Waals surface area (Å²) in [5, 5.41) is 11.2. The van der Waals surface area contributed by atoms with Gasteiger partial charge in [-0.1, -0.05) is 11.6 Å². The Kier molecular flexibility index (Phi) is 6.98. The van der Waals surface area contributed by atoms with Crippen LogP contribution < -0.4 is 9.47 Å². The Balaban J connectivity index is 1.26. The molecule has 0 amide bonds. The van der Waals surface area contributed by atoms with E-state index in [4.69, 9.17) is 26.1 Å². The molecule has 2 aliphatic rings. The van der Waals surface area contributed by atoms with Gasteiger partial charge in [-0.15, -0.1) is 11.3 Å². The van der Waals surface area contributed by atoms with Crippen molar-refractivity contribution in [3.63, 3.8) is 0 Å². The van der Waals surface area contributed by atoms with Crippen molar-refractivity contribution in [2.75, 3.05) is 26.2 Å². The van der Waals surface area contributed by atoms with Gasteiger partial charge in [-0.05, 0) is 57.7 Å². The second kappa shape index (κ2) is 10.4. The first-order chi connectivity index (χ1) is 18.4. The second-order valence-electron chi connectivity index (χ2n) is 10.4.